The lowest BCUT2D eigenvalue weighted by Gasteiger charge is -2.07. The number of nitrogens with two attached hydrogens (primary N) is 1. The normalized spacial score (nSPS) is 11.5. The van der Waals surface area contributed by atoms with E-state index in [9.17, 15) is 8.42 Å². The SMILES string of the molecule is Nc1ccc(Cl)c(S(=O)(=O)Cc2ccc(Br)cc2)c1. The summed E-state index contributed by atoms with van der Waals surface area (Å²) in [6, 6.07) is 11.5. The Bertz CT molecular complexity index is 699. The van der Waals surface area contributed by atoms with Crippen LogP contribution in [0.15, 0.2) is 51.8 Å². The standard InChI is InChI=1S/C13H11BrClNO2S/c14-10-3-1-9(2-4-10)8-19(17,18)13-7-11(16)5-6-12(13)15/h1-7H,8,16H2. The Labute approximate surface area is 125 Å². The van der Waals surface area contributed by atoms with E-state index in [-0.39, 0.29) is 15.7 Å². The lowest BCUT2D eigenvalue weighted by Crippen LogP contribution is -2.06. The van der Waals surface area contributed by atoms with Gasteiger partial charge in [0.25, 0.3) is 0 Å². The average Bonchev–Trinajstić information content (AvgIpc) is 2.35. The maximum absolute atomic E-state index is 12.3. The fourth-order valence-electron chi connectivity index (χ4n) is 1.64. The predicted molar refractivity (Wildman–Crippen MR) is 80.9 cm³/mol. The van der Waals surface area contributed by atoms with Crippen molar-refractivity contribution in [3.05, 3.63) is 57.5 Å². The molecule has 0 aliphatic rings. The van der Waals surface area contributed by atoms with Gasteiger partial charge < -0.3 is 5.73 Å². The van der Waals surface area contributed by atoms with Gasteiger partial charge in [-0.05, 0) is 35.9 Å². The van der Waals surface area contributed by atoms with Gasteiger partial charge >= 0.3 is 0 Å². The van der Waals surface area contributed by atoms with Crippen LogP contribution in [0, 0.1) is 0 Å². The molecule has 0 spiro atoms. The van der Waals surface area contributed by atoms with E-state index in [1.54, 1.807) is 30.3 Å². The largest absolute Gasteiger partial charge is 0.399 e. The molecule has 0 aliphatic heterocycles. The van der Waals surface area contributed by atoms with Gasteiger partial charge in [-0.15, -0.1) is 0 Å². The second-order valence-corrected chi connectivity index (χ2v) is 7.36. The number of benzene rings is 2. The molecular weight excluding hydrogens is 350 g/mol. The van der Waals surface area contributed by atoms with E-state index >= 15 is 0 Å². The molecule has 0 fully saturated rings. The van der Waals surface area contributed by atoms with Crippen molar-refractivity contribution < 1.29 is 8.42 Å². The third kappa shape index (κ3) is 3.49. The van der Waals surface area contributed by atoms with Crippen LogP contribution in [0.2, 0.25) is 5.02 Å². The van der Waals surface area contributed by atoms with Crippen LogP contribution in [-0.4, -0.2) is 8.42 Å². The highest BCUT2D eigenvalue weighted by atomic mass is 79.9. The van der Waals surface area contributed by atoms with Crippen molar-refractivity contribution >= 4 is 43.1 Å². The van der Waals surface area contributed by atoms with Crippen LogP contribution in [0.25, 0.3) is 0 Å². The van der Waals surface area contributed by atoms with Gasteiger partial charge in [0.15, 0.2) is 9.84 Å². The molecule has 0 heterocycles. The fourth-order valence-corrected chi connectivity index (χ4v) is 3.84. The second-order valence-electron chi connectivity index (χ2n) is 4.08. The molecule has 2 N–H and O–H groups in total. The molecule has 2 aromatic carbocycles. The zero-order chi connectivity index (χ0) is 14.0. The highest BCUT2D eigenvalue weighted by Gasteiger charge is 2.19. The van der Waals surface area contributed by atoms with Crippen molar-refractivity contribution in [1.29, 1.82) is 0 Å². The van der Waals surface area contributed by atoms with Crippen LogP contribution in [0.1, 0.15) is 5.56 Å². The number of halogens is 2. The minimum atomic E-state index is -3.51. The van der Waals surface area contributed by atoms with Crippen LogP contribution in [0.5, 0.6) is 0 Å². The zero-order valence-electron chi connectivity index (χ0n) is 9.81. The summed E-state index contributed by atoms with van der Waals surface area (Å²) < 4.78 is 25.5. The van der Waals surface area contributed by atoms with Gasteiger partial charge in [-0.3, -0.25) is 0 Å². The van der Waals surface area contributed by atoms with Crippen molar-refractivity contribution in [2.24, 2.45) is 0 Å². The monoisotopic (exact) mass is 359 g/mol. The number of sulfone groups is 1. The van der Waals surface area contributed by atoms with Gasteiger partial charge in [-0.2, -0.15) is 0 Å². The summed E-state index contributed by atoms with van der Waals surface area (Å²) in [6.07, 6.45) is 0. The van der Waals surface area contributed by atoms with Crippen LogP contribution < -0.4 is 5.73 Å². The molecule has 0 bridgehead atoms. The van der Waals surface area contributed by atoms with E-state index in [2.05, 4.69) is 15.9 Å². The lowest BCUT2D eigenvalue weighted by atomic mass is 10.2. The van der Waals surface area contributed by atoms with Crippen LogP contribution in [0.4, 0.5) is 5.69 Å². The first-order valence-corrected chi connectivity index (χ1v) is 8.23. The summed E-state index contributed by atoms with van der Waals surface area (Å²) in [4.78, 5) is 0.0667. The van der Waals surface area contributed by atoms with Crippen LogP contribution in [0.3, 0.4) is 0 Å². The summed E-state index contributed by atoms with van der Waals surface area (Å²) in [5.74, 6) is -0.108. The maximum atomic E-state index is 12.3. The van der Waals surface area contributed by atoms with Gasteiger partial charge in [0, 0.05) is 10.2 Å². The molecule has 0 radical (unpaired) electrons. The molecule has 2 rings (SSSR count). The number of hydrogen-bond donors (Lipinski definition) is 1. The van der Waals surface area contributed by atoms with Gasteiger partial charge in [-0.1, -0.05) is 39.7 Å². The summed E-state index contributed by atoms with van der Waals surface area (Å²) in [6.45, 7) is 0. The average molecular weight is 361 g/mol. The van der Waals surface area contributed by atoms with E-state index in [0.717, 1.165) is 4.47 Å². The third-order valence-corrected chi connectivity index (χ3v) is 5.25. The fraction of sp³-hybridized carbons (Fsp3) is 0.0769. The highest BCUT2D eigenvalue weighted by Crippen LogP contribution is 2.27. The van der Waals surface area contributed by atoms with E-state index in [1.807, 2.05) is 0 Å². The molecule has 0 unspecified atom stereocenters. The van der Waals surface area contributed by atoms with E-state index in [1.165, 1.54) is 12.1 Å². The molecule has 0 aromatic heterocycles. The molecule has 0 aliphatic carbocycles. The molecule has 0 saturated heterocycles. The van der Waals surface area contributed by atoms with Gasteiger partial charge in [0.1, 0.15) is 0 Å². The highest BCUT2D eigenvalue weighted by molar-refractivity contribution is 9.10. The van der Waals surface area contributed by atoms with Crippen LogP contribution >= 0.6 is 27.5 Å². The van der Waals surface area contributed by atoms with E-state index < -0.39 is 9.84 Å². The Hall–Kier alpha value is -1.04. The molecule has 6 heteroatoms. The summed E-state index contributed by atoms with van der Waals surface area (Å²) in [5.41, 5.74) is 6.68. The quantitative estimate of drug-likeness (QED) is 0.850. The molecule has 0 atom stereocenters. The predicted octanol–water partition coefficient (Wildman–Crippen LogP) is 3.66. The Morgan fingerprint density at radius 2 is 1.74 bits per heavy atom. The molecular formula is C13H11BrClNO2S. The Morgan fingerprint density at radius 1 is 1.11 bits per heavy atom. The summed E-state index contributed by atoms with van der Waals surface area (Å²) in [7, 11) is -3.51. The van der Waals surface area contributed by atoms with Gasteiger partial charge in [0.2, 0.25) is 0 Å². The van der Waals surface area contributed by atoms with Gasteiger partial charge in [-0.25, -0.2) is 8.42 Å². The maximum Gasteiger partial charge on any atom is 0.184 e. The van der Waals surface area contributed by atoms with Crippen molar-refractivity contribution in [3.8, 4) is 0 Å². The van der Waals surface area contributed by atoms with Crippen molar-refractivity contribution in [3.63, 3.8) is 0 Å². The molecule has 0 amide bonds. The van der Waals surface area contributed by atoms with Crippen molar-refractivity contribution in [2.75, 3.05) is 5.73 Å². The number of anilines is 1. The number of rotatable bonds is 3. The molecule has 2 aromatic rings. The molecule has 0 saturated carbocycles. The molecule has 100 valence electrons. The minimum Gasteiger partial charge on any atom is -0.399 e. The van der Waals surface area contributed by atoms with Crippen LogP contribution in [-0.2, 0) is 15.6 Å². The first kappa shape index (κ1) is 14.4. The van der Waals surface area contributed by atoms with Gasteiger partial charge in [0.05, 0.1) is 15.7 Å². The number of nitrogen functional groups attached to an aromatic ring is 1. The van der Waals surface area contributed by atoms with Crippen molar-refractivity contribution in [2.45, 2.75) is 10.6 Å². The summed E-state index contributed by atoms with van der Waals surface area (Å²) in [5, 5.41) is 0.186. The van der Waals surface area contributed by atoms with E-state index in [0.29, 0.717) is 11.3 Å². The Kier molecular flexibility index (Phi) is 4.18. The molecule has 3 nitrogen and oxygen atoms in total. The second kappa shape index (κ2) is 5.53. The first-order valence-electron chi connectivity index (χ1n) is 5.41. The molecule has 19 heavy (non-hydrogen) atoms. The summed E-state index contributed by atoms with van der Waals surface area (Å²) >= 11 is 9.23. The Morgan fingerprint density at radius 3 is 2.37 bits per heavy atom. The smallest absolute Gasteiger partial charge is 0.184 e. The topological polar surface area (TPSA) is 60.2 Å². The zero-order valence-corrected chi connectivity index (χ0v) is 13.0. The minimum absolute atomic E-state index is 0.0667. The number of hydrogen-bond acceptors (Lipinski definition) is 3. The van der Waals surface area contributed by atoms with E-state index in [4.69, 9.17) is 17.3 Å². The lowest BCUT2D eigenvalue weighted by molar-refractivity contribution is 0.595. The Balaban J connectivity index is 2.37. The first-order chi connectivity index (χ1) is 8.88. The third-order valence-electron chi connectivity index (χ3n) is 2.56. The van der Waals surface area contributed by atoms with Crippen molar-refractivity contribution in [1.82, 2.24) is 0 Å².